The fraction of sp³-hybridized carbons (Fsp3) is 0.571. The second-order valence-electron chi connectivity index (χ2n) is 2.31. The molecule has 1 aromatic rings. The van der Waals surface area contributed by atoms with Gasteiger partial charge in [0.25, 0.3) is 0 Å². The van der Waals surface area contributed by atoms with Gasteiger partial charge in [-0.2, -0.15) is 11.8 Å². The van der Waals surface area contributed by atoms with Crippen LogP contribution in [0.1, 0.15) is 12.6 Å². The van der Waals surface area contributed by atoms with Gasteiger partial charge in [-0.05, 0) is 13.2 Å². The molecule has 0 saturated carbocycles. The minimum atomic E-state index is 0.622. The van der Waals surface area contributed by atoms with Crippen molar-refractivity contribution in [2.75, 3.05) is 12.0 Å². The number of anilines is 1. The van der Waals surface area contributed by atoms with Crippen LogP contribution in [0.3, 0.4) is 0 Å². The molecule has 0 bridgehead atoms. The van der Waals surface area contributed by atoms with E-state index in [-0.39, 0.29) is 0 Å². The van der Waals surface area contributed by atoms with Gasteiger partial charge in [0.15, 0.2) is 5.95 Å². The van der Waals surface area contributed by atoms with E-state index >= 15 is 0 Å². The average Bonchev–Trinajstić information content (AvgIpc) is 2.32. The molecule has 0 atom stereocenters. The fourth-order valence-corrected chi connectivity index (χ4v) is 1.39. The van der Waals surface area contributed by atoms with Crippen LogP contribution in [-0.4, -0.2) is 15.8 Å². The first-order valence-corrected chi connectivity index (χ1v) is 4.97. The van der Waals surface area contributed by atoms with Crippen LogP contribution in [0.15, 0.2) is 6.20 Å². The lowest BCUT2D eigenvalue weighted by atomic mass is 10.5. The summed E-state index contributed by atoms with van der Waals surface area (Å²) < 4.78 is 1.95. The zero-order chi connectivity index (χ0) is 8.27. The third-order valence-corrected chi connectivity index (χ3v) is 2.07. The zero-order valence-electron chi connectivity index (χ0n) is 6.87. The number of hydrogen-bond donors (Lipinski definition) is 1. The van der Waals surface area contributed by atoms with Gasteiger partial charge in [0.05, 0.1) is 5.69 Å². The number of aromatic nitrogens is 2. The smallest absolute Gasteiger partial charge is 0.200 e. The lowest BCUT2D eigenvalue weighted by Crippen LogP contribution is -1.98. The van der Waals surface area contributed by atoms with E-state index in [4.69, 9.17) is 5.73 Å². The van der Waals surface area contributed by atoms with Crippen LogP contribution < -0.4 is 5.73 Å². The molecule has 0 radical (unpaired) electrons. The van der Waals surface area contributed by atoms with Gasteiger partial charge in [-0.3, -0.25) is 0 Å². The Morgan fingerprint density at radius 3 is 2.91 bits per heavy atom. The number of thioether (sulfide) groups is 1. The number of nitrogen functional groups attached to an aromatic ring is 1. The normalized spacial score (nSPS) is 10.4. The minimum Gasteiger partial charge on any atom is -0.369 e. The predicted molar refractivity (Wildman–Crippen MR) is 49.5 cm³/mol. The highest BCUT2D eigenvalue weighted by Crippen LogP contribution is 2.10. The Kier molecular flexibility index (Phi) is 2.82. The molecule has 1 heterocycles. The molecule has 0 fully saturated rings. The Bertz CT molecular complexity index is 232. The first-order valence-electron chi connectivity index (χ1n) is 3.58. The van der Waals surface area contributed by atoms with Gasteiger partial charge in [0, 0.05) is 18.5 Å². The molecule has 62 valence electrons. The van der Waals surface area contributed by atoms with Crippen LogP contribution >= 0.6 is 11.8 Å². The van der Waals surface area contributed by atoms with E-state index in [0.29, 0.717) is 5.95 Å². The van der Waals surface area contributed by atoms with Gasteiger partial charge >= 0.3 is 0 Å². The Labute approximate surface area is 71.0 Å². The maximum Gasteiger partial charge on any atom is 0.200 e. The third-order valence-electron chi connectivity index (χ3n) is 1.49. The largest absolute Gasteiger partial charge is 0.369 e. The molecule has 3 nitrogen and oxygen atoms in total. The minimum absolute atomic E-state index is 0.622. The molecule has 11 heavy (non-hydrogen) atoms. The molecule has 0 amide bonds. The van der Waals surface area contributed by atoms with Crippen molar-refractivity contribution in [3.8, 4) is 0 Å². The van der Waals surface area contributed by atoms with E-state index in [1.807, 2.05) is 10.8 Å². The van der Waals surface area contributed by atoms with Gasteiger partial charge in [-0.25, -0.2) is 4.98 Å². The van der Waals surface area contributed by atoms with Crippen LogP contribution in [-0.2, 0) is 12.3 Å². The monoisotopic (exact) mass is 171 g/mol. The molecule has 0 aliphatic carbocycles. The molecule has 0 spiro atoms. The second kappa shape index (κ2) is 3.67. The van der Waals surface area contributed by atoms with E-state index in [0.717, 1.165) is 18.0 Å². The summed E-state index contributed by atoms with van der Waals surface area (Å²) >= 11 is 1.76. The summed E-state index contributed by atoms with van der Waals surface area (Å²) in [6, 6.07) is 0. The number of rotatable bonds is 3. The summed E-state index contributed by atoms with van der Waals surface area (Å²) in [7, 11) is 0. The molecule has 0 aliphatic heterocycles. The second-order valence-corrected chi connectivity index (χ2v) is 3.18. The van der Waals surface area contributed by atoms with Crippen LogP contribution in [0.25, 0.3) is 0 Å². The van der Waals surface area contributed by atoms with Crippen molar-refractivity contribution in [3.05, 3.63) is 11.9 Å². The Hall–Kier alpha value is -0.640. The lowest BCUT2D eigenvalue weighted by molar-refractivity contribution is 0.773. The first-order chi connectivity index (χ1) is 5.27. The van der Waals surface area contributed by atoms with Crippen LogP contribution in [0, 0.1) is 0 Å². The molecular weight excluding hydrogens is 158 g/mol. The van der Waals surface area contributed by atoms with Gasteiger partial charge in [0.2, 0.25) is 0 Å². The summed E-state index contributed by atoms with van der Waals surface area (Å²) in [4.78, 5) is 4.19. The highest BCUT2D eigenvalue weighted by atomic mass is 32.2. The zero-order valence-corrected chi connectivity index (χ0v) is 7.69. The Morgan fingerprint density at radius 1 is 1.73 bits per heavy atom. The van der Waals surface area contributed by atoms with E-state index in [9.17, 15) is 0 Å². The summed E-state index contributed by atoms with van der Waals surface area (Å²) in [5, 5.41) is 0. The molecule has 2 N–H and O–H groups in total. The first kappa shape index (κ1) is 8.46. The van der Waals surface area contributed by atoms with Crippen LogP contribution in [0.5, 0.6) is 0 Å². The van der Waals surface area contributed by atoms with Gasteiger partial charge < -0.3 is 10.3 Å². The Balaban J connectivity index is 2.77. The van der Waals surface area contributed by atoms with Crippen molar-refractivity contribution in [2.24, 2.45) is 0 Å². The van der Waals surface area contributed by atoms with Gasteiger partial charge in [-0.1, -0.05) is 0 Å². The van der Waals surface area contributed by atoms with E-state index in [2.05, 4.69) is 18.2 Å². The van der Waals surface area contributed by atoms with Gasteiger partial charge in [-0.15, -0.1) is 0 Å². The molecule has 0 saturated heterocycles. The highest BCUT2D eigenvalue weighted by Gasteiger charge is 2.00. The van der Waals surface area contributed by atoms with Gasteiger partial charge in [0.1, 0.15) is 0 Å². The molecular formula is C7H13N3S. The topological polar surface area (TPSA) is 43.8 Å². The number of nitrogens with two attached hydrogens (primary N) is 1. The summed E-state index contributed by atoms with van der Waals surface area (Å²) in [5.74, 6) is 1.56. The summed E-state index contributed by atoms with van der Waals surface area (Å²) in [6.45, 7) is 2.95. The highest BCUT2D eigenvalue weighted by molar-refractivity contribution is 7.97. The maximum atomic E-state index is 5.62. The summed E-state index contributed by atoms with van der Waals surface area (Å²) in [6.07, 6.45) is 4.06. The van der Waals surface area contributed by atoms with Crippen molar-refractivity contribution < 1.29 is 0 Å². The number of nitrogens with zero attached hydrogens (tertiary/aromatic N) is 2. The summed E-state index contributed by atoms with van der Waals surface area (Å²) in [5.41, 5.74) is 6.69. The molecule has 1 aromatic heterocycles. The molecule has 0 aromatic carbocycles. The van der Waals surface area contributed by atoms with Crippen molar-refractivity contribution in [1.29, 1.82) is 0 Å². The van der Waals surface area contributed by atoms with Crippen molar-refractivity contribution in [1.82, 2.24) is 9.55 Å². The SMILES string of the molecule is CCn1cc(CSC)nc1N. The molecule has 0 unspecified atom stereocenters. The predicted octanol–water partition coefficient (Wildman–Crippen LogP) is 1.35. The van der Waals surface area contributed by atoms with Crippen molar-refractivity contribution >= 4 is 17.7 Å². The molecule has 1 rings (SSSR count). The number of aryl methyl sites for hydroxylation is 1. The molecule has 4 heteroatoms. The fourth-order valence-electron chi connectivity index (χ4n) is 0.957. The van der Waals surface area contributed by atoms with E-state index in [1.54, 1.807) is 11.8 Å². The lowest BCUT2D eigenvalue weighted by Gasteiger charge is -1.95. The molecule has 0 aliphatic rings. The average molecular weight is 171 g/mol. The quantitative estimate of drug-likeness (QED) is 0.746. The standard InChI is InChI=1S/C7H13N3S/c1-3-10-4-6(5-11-2)9-7(10)8/h4H,3,5H2,1-2H3,(H2,8,9). The van der Waals surface area contributed by atoms with Crippen molar-refractivity contribution in [3.63, 3.8) is 0 Å². The number of imidazole rings is 1. The number of hydrogen-bond acceptors (Lipinski definition) is 3. The third kappa shape index (κ3) is 1.89. The van der Waals surface area contributed by atoms with E-state index in [1.165, 1.54) is 0 Å². The Morgan fingerprint density at radius 2 is 2.45 bits per heavy atom. The van der Waals surface area contributed by atoms with Crippen LogP contribution in [0.4, 0.5) is 5.95 Å². The van der Waals surface area contributed by atoms with E-state index < -0.39 is 0 Å². The van der Waals surface area contributed by atoms with Crippen molar-refractivity contribution in [2.45, 2.75) is 19.2 Å². The maximum absolute atomic E-state index is 5.62. The van der Waals surface area contributed by atoms with Crippen LogP contribution in [0.2, 0.25) is 0 Å².